The van der Waals surface area contributed by atoms with Gasteiger partial charge < -0.3 is 15.1 Å². The first-order valence-electron chi connectivity index (χ1n) is 11.1. The summed E-state index contributed by atoms with van der Waals surface area (Å²) < 4.78 is 5.11. The summed E-state index contributed by atoms with van der Waals surface area (Å²) in [5.41, 5.74) is 1.49. The highest BCUT2D eigenvalue weighted by Gasteiger charge is 2.35. The summed E-state index contributed by atoms with van der Waals surface area (Å²) in [6, 6.07) is 13.6. The molecule has 2 N–H and O–H groups in total. The monoisotopic (exact) mass is 465 g/mol. The van der Waals surface area contributed by atoms with Gasteiger partial charge in [0.2, 0.25) is 11.8 Å². The van der Waals surface area contributed by atoms with E-state index in [9.17, 15) is 14.4 Å². The summed E-state index contributed by atoms with van der Waals surface area (Å²) in [7, 11) is 0. The number of thiophene rings is 1. The summed E-state index contributed by atoms with van der Waals surface area (Å²) in [6.07, 6.45) is 5.47. The van der Waals surface area contributed by atoms with Gasteiger partial charge in [-0.05, 0) is 55.0 Å². The van der Waals surface area contributed by atoms with E-state index in [0.29, 0.717) is 5.69 Å². The Bertz CT molecular complexity index is 1090. The number of hydrogen-bond acceptors (Lipinski definition) is 5. The van der Waals surface area contributed by atoms with Crippen LogP contribution in [0.3, 0.4) is 0 Å². The van der Waals surface area contributed by atoms with Crippen LogP contribution >= 0.6 is 11.3 Å². The second-order valence-electron chi connectivity index (χ2n) is 8.12. The highest BCUT2D eigenvalue weighted by Crippen LogP contribution is 2.33. The molecule has 0 aliphatic heterocycles. The number of nitrogens with one attached hydrogen (secondary N) is 2. The molecule has 1 aliphatic carbocycles. The third-order valence-electron chi connectivity index (χ3n) is 5.81. The van der Waals surface area contributed by atoms with Crippen molar-refractivity contribution in [3.8, 4) is 0 Å². The molecule has 172 valence electrons. The second kappa shape index (κ2) is 10.5. The van der Waals surface area contributed by atoms with Gasteiger partial charge in [-0.25, -0.2) is 0 Å². The number of furan rings is 1. The number of para-hydroxylation sites is 1. The zero-order valence-electron chi connectivity index (χ0n) is 18.5. The minimum Gasteiger partial charge on any atom is -0.459 e. The van der Waals surface area contributed by atoms with Crippen molar-refractivity contribution in [2.45, 2.75) is 44.7 Å². The number of benzene rings is 1. The van der Waals surface area contributed by atoms with E-state index in [1.54, 1.807) is 6.07 Å². The molecule has 33 heavy (non-hydrogen) atoms. The maximum Gasteiger partial charge on any atom is 0.287 e. The van der Waals surface area contributed by atoms with Gasteiger partial charge in [0.15, 0.2) is 5.76 Å². The minimum atomic E-state index is -0.834. The molecule has 0 spiro atoms. The fraction of sp³-hybridized carbons (Fsp3) is 0.320. The molecule has 4 rings (SSSR count). The van der Waals surface area contributed by atoms with Crippen LogP contribution in [0.5, 0.6) is 0 Å². The lowest BCUT2D eigenvalue weighted by atomic mass is 10.1. The van der Waals surface area contributed by atoms with Gasteiger partial charge in [-0.1, -0.05) is 37.1 Å². The van der Waals surface area contributed by atoms with E-state index in [0.717, 1.165) is 36.1 Å². The standard InChI is InChI=1S/C25H27N3O4S/c1-17-8-2-5-11-19(17)28(22(29)16-26-24(30)20-12-6-14-32-20)23(21-13-7-15-33-21)25(31)27-18-9-3-4-10-18/h2,5-8,11-15,18,23H,3-4,9-10,16H2,1H3,(H,26,30)(H,27,31). The van der Waals surface area contributed by atoms with Crippen LogP contribution in [0.25, 0.3) is 0 Å². The van der Waals surface area contributed by atoms with Gasteiger partial charge in [-0.2, -0.15) is 0 Å². The summed E-state index contributed by atoms with van der Waals surface area (Å²) in [4.78, 5) is 41.7. The molecule has 1 atom stereocenters. The van der Waals surface area contributed by atoms with Crippen LogP contribution in [0, 0.1) is 6.92 Å². The van der Waals surface area contributed by atoms with E-state index < -0.39 is 11.9 Å². The molecule has 1 fully saturated rings. The first-order chi connectivity index (χ1) is 16.0. The summed E-state index contributed by atoms with van der Waals surface area (Å²) in [5.74, 6) is -0.956. The number of nitrogens with zero attached hydrogens (tertiary/aromatic N) is 1. The molecule has 3 amide bonds. The van der Waals surface area contributed by atoms with Gasteiger partial charge in [0.05, 0.1) is 12.8 Å². The van der Waals surface area contributed by atoms with Crippen LogP contribution < -0.4 is 15.5 Å². The maximum atomic E-state index is 13.6. The van der Waals surface area contributed by atoms with Crippen molar-refractivity contribution < 1.29 is 18.8 Å². The quantitative estimate of drug-likeness (QED) is 0.521. The number of rotatable bonds is 8. The van der Waals surface area contributed by atoms with Crippen molar-refractivity contribution in [3.05, 3.63) is 76.4 Å². The minimum absolute atomic E-state index is 0.118. The van der Waals surface area contributed by atoms with E-state index in [2.05, 4.69) is 10.6 Å². The Morgan fingerprint density at radius 2 is 1.88 bits per heavy atom. The van der Waals surface area contributed by atoms with Crippen LogP contribution in [0.15, 0.2) is 64.6 Å². The highest BCUT2D eigenvalue weighted by atomic mass is 32.1. The lowest BCUT2D eigenvalue weighted by Gasteiger charge is -2.32. The van der Waals surface area contributed by atoms with Crippen molar-refractivity contribution in [1.29, 1.82) is 0 Å². The van der Waals surface area contributed by atoms with E-state index in [-0.39, 0.29) is 30.2 Å². The average molecular weight is 466 g/mol. The van der Waals surface area contributed by atoms with Gasteiger partial charge in [0, 0.05) is 16.6 Å². The molecule has 2 aromatic heterocycles. The van der Waals surface area contributed by atoms with Crippen molar-refractivity contribution in [2.24, 2.45) is 0 Å². The van der Waals surface area contributed by atoms with Crippen molar-refractivity contribution in [3.63, 3.8) is 0 Å². The number of aryl methyl sites for hydroxylation is 1. The lowest BCUT2D eigenvalue weighted by Crippen LogP contribution is -2.49. The fourth-order valence-electron chi connectivity index (χ4n) is 4.16. The Hall–Kier alpha value is -3.39. The van der Waals surface area contributed by atoms with Gasteiger partial charge in [0.1, 0.15) is 6.04 Å². The van der Waals surface area contributed by atoms with Gasteiger partial charge in [0.25, 0.3) is 5.91 Å². The van der Waals surface area contributed by atoms with E-state index in [1.807, 2.05) is 48.7 Å². The van der Waals surface area contributed by atoms with Crippen LogP contribution in [0.2, 0.25) is 0 Å². The zero-order valence-corrected chi connectivity index (χ0v) is 19.3. The van der Waals surface area contributed by atoms with Crippen molar-refractivity contribution in [1.82, 2.24) is 10.6 Å². The predicted octanol–water partition coefficient (Wildman–Crippen LogP) is 4.21. The third kappa shape index (κ3) is 5.34. The number of anilines is 1. The molecule has 0 bridgehead atoms. The molecule has 0 saturated heterocycles. The van der Waals surface area contributed by atoms with Crippen LogP contribution in [-0.4, -0.2) is 30.3 Å². The SMILES string of the molecule is Cc1ccccc1N(C(=O)CNC(=O)c1ccco1)C(C(=O)NC1CCCC1)c1cccs1. The molecule has 8 heteroatoms. The smallest absolute Gasteiger partial charge is 0.287 e. The van der Waals surface area contributed by atoms with E-state index >= 15 is 0 Å². The Morgan fingerprint density at radius 3 is 2.55 bits per heavy atom. The molecule has 3 aromatic rings. The summed E-state index contributed by atoms with van der Waals surface area (Å²) >= 11 is 1.43. The highest BCUT2D eigenvalue weighted by molar-refractivity contribution is 7.10. The predicted molar refractivity (Wildman–Crippen MR) is 127 cm³/mol. The molecule has 1 saturated carbocycles. The van der Waals surface area contributed by atoms with E-state index in [1.165, 1.54) is 28.6 Å². The Labute approximate surface area is 196 Å². The van der Waals surface area contributed by atoms with Crippen molar-refractivity contribution >= 4 is 34.7 Å². The van der Waals surface area contributed by atoms with Crippen LogP contribution in [0.4, 0.5) is 5.69 Å². The van der Waals surface area contributed by atoms with Crippen LogP contribution in [0.1, 0.15) is 52.7 Å². The molecule has 1 aliphatic rings. The Morgan fingerprint density at radius 1 is 1.09 bits per heavy atom. The topological polar surface area (TPSA) is 91.7 Å². The Balaban J connectivity index is 1.65. The first kappa shape index (κ1) is 22.8. The third-order valence-corrected chi connectivity index (χ3v) is 6.73. The van der Waals surface area contributed by atoms with Gasteiger partial charge in [-0.15, -0.1) is 11.3 Å². The van der Waals surface area contributed by atoms with Crippen molar-refractivity contribution in [2.75, 3.05) is 11.4 Å². The van der Waals surface area contributed by atoms with Gasteiger partial charge >= 0.3 is 0 Å². The first-order valence-corrected chi connectivity index (χ1v) is 12.0. The molecular formula is C25H27N3O4S. The summed E-state index contributed by atoms with van der Waals surface area (Å²) in [5, 5.41) is 7.66. The average Bonchev–Trinajstić information content (AvgIpc) is 3.59. The second-order valence-corrected chi connectivity index (χ2v) is 9.10. The molecule has 0 radical (unpaired) electrons. The molecular weight excluding hydrogens is 438 g/mol. The largest absolute Gasteiger partial charge is 0.459 e. The normalized spacial score (nSPS) is 14.6. The molecule has 2 heterocycles. The number of hydrogen-bond donors (Lipinski definition) is 2. The molecule has 1 unspecified atom stereocenters. The van der Waals surface area contributed by atoms with Crippen LogP contribution in [-0.2, 0) is 9.59 Å². The number of carbonyl (C=O) groups excluding carboxylic acids is 3. The maximum absolute atomic E-state index is 13.6. The summed E-state index contributed by atoms with van der Waals surface area (Å²) in [6.45, 7) is 1.63. The van der Waals surface area contributed by atoms with Gasteiger partial charge in [-0.3, -0.25) is 19.3 Å². The Kier molecular flexibility index (Phi) is 7.24. The molecule has 1 aromatic carbocycles. The zero-order chi connectivity index (χ0) is 23.2. The number of amides is 3. The van der Waals surface area contributed by atoms with E-state index in [4.69, 9.17) is 4.42 Å². The number of carbonyl (C=O) groups is 3. The fourth-order valence-corrected chi connectivity index (χ4v) is 4.97. The molecule has 7 nitrogen and oxygen atoms in total. The lowest BCUT2D eigenvalue weighted by molar-refractivity contribution is -0.126.